The first-order valence-corrected chi connectivity index (χ1v) is 8.01. The number of rotatable bonds is 5. The fourth-order valence-electron chi connectivity index (χ4n) is 2.74. The molecular weight excluding hydrogens is 301 g/mol. The van der Waals surface area contributed by atoms with Crippen molar-refractivity contribution in [3.8, 4) is 17.3 Å². The van der Waals surface area contributed by atoms with Crippen molar-refractivity contribution in [2.45, 2.75) is 26.3 Å². The molecule has 120 valence electrons. The molecule has 0 fully saturated rings. The first kappa shape index (κ1) is 15.9. The number of hydrogen-bond acceptors (Lipinski definition) is 2. The molecule has 0 radical (unpaired) electrons. The molecule has 0 aliphatic rings. The molecule has 0 saturated carbocycles. The van der Waals surface area contributed by atoms with E-state index in [9.17, 15) is 4.39 Å². The number of nitriles is 1. The first-order valence-electron chi connectivity index (χ1n) is 8.01. The highest BCUT2D eigenvalue weighted by atomic mass is 19.1. The minimum Gasteiger partial charge on any atom is -0.265 e. The lowest BCUT2D eigenvalue weighted by Crippen LogP contribution is -2.00. The molecule has 0 atom stereocenters. The van der Waals surface area contributed by atoms with Crippen LogP contribution in [0.1, 0.15) is 23.7 Å². The van der Waals surface area contributed by atoms with E-state index in [1.807, 2.05) is 41.9 Å². The first-order chi connectivity index (χ1) is 11.7. The summed E-state index contributed by atoms with van der Waals surface area (Å²) in [4.78, 5) is 0. The van der Waals surface area contributed by atoms with Crippen molar-refractivity contribution < 1.29 is 4.39 Å². The van der Waals surface area contributed by atoms with Gasteiger partial charge in [-0.15, -0.1) is 0 Å². The number of aryl methyl sites for hydroxylation is 3. The van der Waals surface area contributed by atoms with Gasteiger partial charge in [-0.05, 0) is 55.7 Å². The summed E-state index contributed by atoms with van der Waals surface area (Å²) in [6.07, 6.45) is 1.61. The lowest BCUT2D eigenvalue weighted by Gasteiger charge is -2.04. The molecule has 1 aromatic heterocycles. The Kier molecular flexibility index (Phi) is 4.72. The summed E-state index contributed by atoms with van der Waals surface area (Å²) in [6.45, 7) is 2.82. The fourth-order valence-corrected chi connectivity index (χ4v) is 2.74. The van der Waals surface area contributed by atoms with E-state index in [4.69, 9.17) is 5.26 Å². The fraction of sp³-hybridized carbons (Fsp3) is 0.200. The molecule has 0 aliphatic carbocycles. The highest BCUT2D eigenvalue weighted by Crippen LogP contribution is 2.22. The van der Waals surface area contributed by atoms with Gasteiger partial charge in [0.25, 0.3) is 0 Å². The van der Waals surface area contributed by atoms with Crippen molar-refractivity contribution in [3.63, 3.8) is 0 Å². The third-order valence-electron chi connectivity index (χ3n) is 4.00. The normalized spacial score (nSPS) is 10.5. The third kappa shape index (κ3) is 3.52. The van der Waals surface area contributed by atoms with Gasteiger partial charge in [0.1, 0.15) is 5.82 Å². The Bertz CT molecular complexity index is 873. The van der Waals surface area contributed by atoms with E-state index < -0.39 is 0 Å². The predicted molar refractivity (Wildman–Crippen MR) is 91.9 cm³/mol. The van der Waals surface area contributed by atoms with Crippen LogP contribution in [0.15, 0.2) is 54.6 Å². The van der Waals surface area contributed by atoms with E-state index in [2.05, 4.69) is 17.2 Å². The second-order valence-corrected chi connectivity index (χ2v) is 5.66. The molecular formula is C20H18FN3. The smallest absolute Gasteiger partial charge is 0.123 e. The zero-order valence-electron chi connectivity index (χ0n) is 13.5. The minimum absolute atomic E-state index is 0.214. The Morgan fingerprint density at radius 1 is 1.08 bits per heavy atom. The molecule has 0 amide bonds. The van der Waals surface area contributed by atoms with Gasteiger partial charge in [0, 0.05) is 12.1 Å². The molecule has 2 aromatic carbocycles. The van der Waals surface area contributed by atoms with Gasteiger partial charge in [0.05, 0.1) is 23.0 Å². The van der Waals surface area contributed by atoms with Crippen LogP contribution in [0, 0.1) is 17.1 Å². The van der Waals surface area contributed by atoms with Crippen molar-refractivity contribution in [1.82, 2.24) is 9.78 Å². The molecule has 3 nitrogen and oxygen atoms in total. The van der Waals surface area contributed by atoms with E-state index >= 15 is 0 Å². The van der Waals surface area contributed by atoms with Gasteiger partial charge in [0.15, 0.2) is 0 Å². The van der Waals surface area contributed by atoms with Gasteiger partial charge in [-0.2, -0.15) is 10.4 Å². The summed E-state index contributed by atoms with van der Waals surface area (Å²) < 4.78 is 14.9. The average Bonchev–Trinajstić information content (AvgIpc) is 3.05. The van der Waals surface area contributed by atoms with E-state index in [-0.39, 0.29) is 5.82 Å². The van der Waals surface area contributed by atoms with Gasteiger partial charge < -0.3 is 0 Å². The summed E-state index contributed by atoms with van der Waals surface area (Å²) in [7, 11) is 0. The molecule has 0 spiro atoms. The Labute approximate surface area is 141 Å². The maximum absolute atomic E-state index is 13.0. The van der Waals surface area contributed by atoms with Gasteiger partial charge >= 0.3 is 0 Å². The summed E-state index contributed by atoms with van der Waals surface area (Å²) in [6, 6.07) is 18.4. The lowest BCUT2D eigenvalue weighted by atomic mass is 10.1. The number of nitrogens with zero attached hydrogens (tertiary/aromatic N) is 3. The quantitative estimate of drug-likeness (QED) is 0.701. The summed E-state index contributed by atoms with van der Waals surface area (Å²) in [5.74, 6) is -0.214. The zero-order valence-corrected chi connectivity index (χ0v) is 13.5. The van der Waals surface area contributed by atoms with Crippen molar-refractivity contribution in [1.29, 1.82) is 5.26 Å². The van der Waals surface area contributed by atoms with Crippen LogP contribution in [0.5, 0.6) is 0 Å². The van der Waals surface area contributed by atoms with Crippen molar-refractivity contribution >= 4 is 0 Å². The number of hydrogen-bond donors (Lipinski definition) is 0. The monoisotopic (exact) mass is 319 g/mol. The molecule has 0 N–H and O–H groups in total. The summed E-state index contributed by atoms with van der Waals surface area (Å²) in [5.41, 5.74) is 4.75. The molecule has 0 aliphatic heterocycles. The van der Waals surface area contributed by atoms with E-state index in [1.54, 1.807) is 6.07 Å². The van der Waals surface area contributed by atoms with Crippen LogP contribution in [0.25, 0.3) is 11.3 Å². The van der Waals surface area contributed by atoms with Crippen LogP contribution in [0.3, 0.4) is 0 Å². The van der Waals surface area contributed by atoms with Gasteiger partial charge in [-0.25, -0.2) is 4.39 Å². The standard InChI is InChI=1S/C20H18FN3/c1-2-24-20(17-5-3-4-16(12-17)14-22)13-19(23-24)11-8-15-6-9-18(21)10-7-15/h3-7,9-10,12-13H,2,8,11H2,1H3. The van der Waals surface area contributed by atoms with Crippen LogP contribution in [0.2, 0.25) is 0 Å². The zero-order chi connectivity index (χ0) is 16.9. The van der Waals surface area contributed by atoms with Gasteiger partial charge in [-0.1, -0.05) is 24.3 Å². The van der Waals surface area contributed by atoms with Crippen LogP contribution in [-0.4, -0.2) is 9.78 Å². The largest absolute Gasteiger partial charge is 0.265 e. The molecule has 0 saturated heterocycles. The van der Waals surface area contributed by atoms with E-state index in [1.165, 1.54) is 12.1 Å². The van der Waals surface area contributed by atoms with Crippen LogP contribution >= 0.6 is 0 Å². The highest BCUT2D eigenvalue weighted by Gasteiger charge is 2.10. The predicted octanol–water partition coefficient (Wildman–Crippen LogP) is 4.37. The molecule has 4 heteroatoms. The molecule has 3 rings (SSSR count). The van der Waals surface area contributed by atoms with E-state index in [0.29, 0.717) is 5.56 Å². The Morgan fingerprint density at radius 3 is 2.58 bits per heavy atom. The summed E-state index contributed by atoms with van der Waals surface area (Å²) in [5, 5.41) is 13.7. The second-order valence-electron chi connectivity index (χ2n) is 5.66. The third-order valence-corrected chi connectivity index (χ3v) is 4.00. The maximum Gasteiger partial charge on any atom is 0.123 e. The Hall–Kier alpha value is -2.93. The molecule has 0 bridgehead atoms. The SMILES string of the molecule is CCn1nc(CCc2ccc(F)cc2)cc1-c1cccc(C#N)c1. The van der Waals surface area contributed by atoms with Crippen molar-refractivity contribution in [2.24, 2.45) is 0 Å². The van der Waals surface area contributed by atoms with Crippen molar-refractivity contribution in [2.75, 3.05) is 0 Å². The maximum atomic E-state index is 13.0. The van der Waals surface area contributed by atoms with Gasteiger partial charge in [0.2, 0.25) is 0 Å². The highest BCUT2D eigenvalue weighted by molar-refractivity contribution is 5.62. The number of aromatic nitrogens is 2. The lowest BCUT2D eigenvalue weighted by molar-refractivity contribution is 0.626. The second kappa shape index (κ2) is 7.10. The molecule has 0 unspecified atom stereocenters. The Morgan fingerprint density at radius 2 is 1.88 bits per heavy atom. The summed E-state index contributed by atoms with van der Waals surface area (Å²) >= 11 is 0. The average molecular weight is 319 g/mol. The van der Waals surface area contributed by atoms with Gasteiger partial charge in [-0.3, -0.25) is 4.68 Å². The molecule has 24 heavy (non-hydrogen) atoms. The van der Waals surface area contributed by atoms with E-state index in [0.717, 1.165) is 41.9 Å². The Balaban J connectivity index is 1.82. The molecule has 1 heterocycles. The van der Waals surface area contributed by atoms with Crippen LogP contribution in [0.4, 0.5) is 4.39 Å². The van der Waals surface area contributed by atoms with Crippen molar-refractivity contribution in [3.05, 3.63) is 77.2 Å². The topological polar surface area (TPSA) is 41.6 Å². The number of benzene rings is 2. The minimum atomic E-state index is -0.214. The molecule has 3 aromatic rings. The van der Waals surface area contributed by atoms with Crippen LogP contribution in [-0.2, 0) is 19.4 Å². The number of halogens is 1. The van der Waals surface area contributed by atoms with Crippen LogP contribution < -0.4 is 0 Å².